The summed E-state index contributed by atoms with van der Waals surface area (Å²) in [6.07, 6.45) is 3.37. The van der Waals surface area contributed by atoms with E-state index in [2.05, 4.69) is 0 Å². The first-order valence-corrected chi connectivity index (χ1v) is 4.25. The molecule has 1 unspecified atom stereocenters. The molecule has 0 saturated carbocycles. The van der Waals surface area contributed by atoms with Crippen LogP contribution in [0.15, 0.2) is 11.6 Å². The summed E-state index contributed by atoms with van der Waals surface area (Å²) in [4.78, 5) is 10.6. The second kappa shape index (κ2) is 4.26. The third kappa shape index (κ3) is 2.34. The molecule has 1 heterocycles. The summed E-state index contributed by atoms with van der Waals surface area (Å²) in [5, 5.41) is 8.72. The maximum Gasteiger partial charge on any atom is 0.331 e. The van der Waals surface area contributed by atoms with Gasteiger partial charge in [-0.3, -0.25) is 0 Å². The summed E-state index contributed by atoms with van der Waals surface area (Å²) in [7, 11) is 0. The summed E-state index contributed by atoms with van der Waals surface area (Å²) >= 11 is 0. The SMILES string of the molecule is CC/C(=C\C1CCOC1)C(=O)O. The van der Waals surface area contributed by atoms with Gasteiger partial charge in [0.15, 0.2) is 0 Å². The monoisotopic (exact) mass is 170 g/mol. The third-order valence-electron chi connectivity index (χ3n) is 2.06. The Morgan fingerprint density at radius 3 is 2.92 bits per heavy atom. The molecule has 1 saturated heterocycles. The van der Waals surface area contributed by atoms with E-state index in [0.717, 1.165) is 13.0 Å². The van der Waals surface area contributed by atoms with Crippen molar-refractivity contribution in [3.63, 3.8) is 0 Å². The maximum absolute atomic E-state index is 10.6. The molecule has 0 amide bonds. The van der Waals surface area contributed by atoms with Crippen molar-refractivity contribution in [2.75, 3.05) is 13.2 Å². The molecular formula is C9H14O3. The normalized spacial score (nSPS) is 24.4. The highest BCUT2D eigenvalue weighted by molar-refractivity contribution is 5.86. The minimum absolute atomic E-state index is 0.316. The van der Waals surface area contributed by atoms with Crippen molar-refractivity contribution in [2.45, 2.75) is 19.8 Å². The number of aliphatic carboxylic acids is 1. The Hall–Kier alpha value is -0.830. The number of rotatable bonds is 3. The van der Waals surface area contributed by atoms with Crippen molar-refractivity contribution in [3.8, 4) is 0 Å². The fourth-order valence-electron chi connectivity index (χ4n) is 1.31. The van der Waals surface area contributed by atoms with Crippen molar-refractivity contribution in [3.05, 3.63) is 11.6 Å². The van der Waals surface area contributed by atoms with Crippen LogP contribution < -0.4 is 0 Å². The Kier molecular flexibility index (Phi) is 3.29. The molecule has 1 aliphatic rings. The van der Waals surface area contributed by atoms with Gasteiger partial charge in [-0.25, -0.2) is 4.79 Å². The quantitative estimate of drug-likeness (QED) is 0.652. The first-order chi connectivity index (χ1) is 5.74. The molecule has 3 nitrogen and oxygen atoms in total. The van der Waals surface area contributed by atoms with Crippen LogP contribution in [0, 0.1) is 5.92 Å². The van der Waals surface area contributed by atoms with Gasteiger partial charge in [-0.05, 0) is 12.8 Å². The molecule has 0 spiro atoms. The maximum atomic E-state index is 10.6. The predicted molar refractivity (Wildman–Crippen MR) is 44.9 cm³/mol. The fraction of sp³-hybridized carbons (Fsp3) is 0.667. The predicted octanol–water partition coefficient (Wildman–Crippen LogP) is 1.44. The van der Waals surface area contributed by atoms with Crippen molar-refractivity contribution < 1.29 is 14.6 Å². The zero-order valence-corrected chi connectivity index (χ0v) is 7.25. The lowest BCUT2D eigenvalue weighted by molar-refractivity contribution is -0.132. The molecule has 1 atom stereocenters. The van der Waals surface area contributed by atoms with Crippen LogP contribution in [0.25, 0.3) is 0 Å². The van der Waals surface area contributed by atoms with Gasteiger partial charge in [0, 0.05) is 18.1 Å². The van der Waals surface area contributed by atoms with E-state index >= 15 is 0 Å². The zero-order valence-electron chi connectivity index (χ0n) is 7.25. The summed E-state index contributed by atoms with van der Waals surface area (Å²) < 4.78 is 5.14. The van der Waals surface area contributed by atoms with Crippen molar-refractivity contribution in [2.24, 2.45) is 5.92 Å². The largest absolute Gasteiger partial charge is 0.478 e. The number of hydrogen-bond acceptors (Lipinski definition) is 2. The molecule has 1 rings (SSSR count). The number of carboxylic acid groups (broad SMARTS) is 1. The standard InChI is InChI=1S/C9H14O3/c1-2-8(9(10)11)5-7-3-4-12-6-7/h5,7H,2-4,6H2,1H3,(H,10,11)/b8-5+. The lowest BCUT2D eigenvalue weighted by atomic mass is 10.0. The second-order valence-electron chi connectivity index (χ2n) is 2.97. The fourth-order valence-corrected chi connectivity index (χ4v) is 1.31. The average molecular weight is 170 g/mol. The van der Waals surface area contributed by atoms with E-state index in [0.29, 0.717) is 24.5 Å². The highest BCUT2D eigenvalue weighted by atomic mass is 16.5. The average Bonchev–Trinajstić information content (AvgIpc) is 2.51. The lowest BCUT2D eigenvalue weighted by Gasteiger charge is -2.02. The van der Waals surface area contributed by atoms with E-state index in [4.69, 9.17) is 9.84 Å². The van der Waals surface area contributed by atoms with Gasteiger partial charge < -0.3 is 9.84 Å². The molecule has 1 N–H and O–H groups in total. The molecule has 0 aliphatic carbocycles. The third-order valence-corrected chi connectivity index (χ3v) is 2.06. The Morgan fingerprint density at radius 2 is 2.50 bits per heavy atom. The van der Waals surface area contributed by atoms with Crippen LogP contribution in [-0.4, -0.2) is 24.3 Å². The van der Waals surface area contributed by atoms with E-state index in [1.807, 2.05) is 13.0 Å². The van der Waals surface area contributed by atoms with Gasteiger partial charge in [0.25, 0.3) is 0 Å². The van der Waals surface area contributed by atoms with Gasteiger partial charge in [0.05, 0.1) is 6.61 Å². The number of ether oxygens (including phenoxy) is 1. The summed E-state index contributed by atoms with van der Waals surface area (Å²) in [6, 6.07) is 0. The zero-order chi connectivity index (χ0) is 8.97. The molecule has 0 aromatic rings. The van der Waals surface area contributed by atoms with E-state index in [9.17, 15) is 4.79 Å². The van der Waals surface area contributed by atoms with Crippen LogP contribution in [0.1, 0.15) is 19.8 Å². The molecule has 1 fully saturated rings. The molecule has 0 bridgehead atoms. The summed E-state index contributed by atoms with van der Waals surface area (Å²) in [5.41, 5.74) is 0.505. The smallest absolute Gasteiger partial charge is 0.331 e. The van der Waals surface area contributed by atoms with Crippen LogP contribution in [-0.2, 0) is 9.53 Å². The highest BCUT2D eigenvalue weighted by Crippen LogP contribution is 2.16. The Balaban J connectivity index is 2.56. The minimum Gasteiger partial charge on any atom is -0.478 e. The van der Waals surface area contributed by atoms with E-state index in [1.165, 1.54) is 0 Å². The molecule has 12 heavy (non-hydrogen) atoms. The van der Waals surface area contributed by atoms with Crippen molar-refractivity contribution >= 4 is 5.97 Å². The molecule has 0 radical (unpaired) electrons. The van der Waals surface area contributed by atoms with Gasteiger partial charge >= 0.3 is 5.97 Å². The highest BCUT2D eigenvalue weighted by Gasteiger charge is 2.15. The van der Waals surface area contributed by atoms with Crippen LogP contribution in [0.5, 0.6) is 0 Å². The Labute approximate surface area is 72.0 Å². The first-order valence-electron chi connectivity index (χ1n) is 4.25. The Morgan fingerprint density at radius 1 is 1.75 bits per heavy atom. The molecular weight excluding hydrogens is 156 g/mol. The van der Waals surface area contributed by atoms with Gasteiger partial charge in [-0.2, -0.15) is 0 Å². The van der Waals surface area contributed by atoms with E-state index in [-0.39, 0.29) is 0 Å². The lowest BCUT2D eigenvalue weighted by Crippen LogP contribution is -2.03. The van der Waals surface area contributed by atoms with Crippen LogP contribution in [0.3, 0.4) is 0 Å². The minimum atomic E-state index is -0.801. The van der Waals surface area contributed by atoms with Gasteiger partial charge in [0.2, 0.25) is 0 Å². The first kappa shape index (κ1) is 9.26. The summed E-state index contributed by atoms with van der Waals surface area (Å²) in [5.74, 6) is -0.486. The van der Waals surface area contributed by atoms with Crippen LogP contribution in [0.2, 0.25) is 0 Å². The van der Waals surface area contributed by atoms with Gasteiger partial charge in [-0.15, -0.1) is 0 Å². The van der Waals surface area contributed by atoms with Crippen molar-refractivity contribution in [1.82, 2.24) is 0 Å². The topological polar surface area (TPSA) is 46.5 Å². The second-order valence-corrected chi connectivity index (χ2v) is 2.97. The van der Waals surface area contributed by atoms with Gasteiger partial charge in [0.1, 0.15) is 0 Å². The summed E-state index contributed by atoms with van der Waals surface area (Å²) in [6.45, 7) is 3.30. The number of hydrogen-bond donors (Lipinski definition) is 1. The van der Waals surface area contributed by atoms with Crippen LogP contribution >= 0.6 is 0 Å². The molecule has 68 valence electrons. The van der Waals surface area contributed by atoms with Crippen molar-refractivity contribution in [1.29, 1.82) is 0 Å². The van der Waals surface area contributed by atoms with Gasteiger partial charge in [-0.1, -0.05) is 13.0 Å². The number of carbonyl (C=O) groups is 1. The van der Waals surface area contributed by atoms with E-state index < -0.39 is 5.97 Å². The van der Waals surface area contributed by atoms with Crippen LogP contribution in [0.4, 0.5) is 0 Å². The Bertz CT molecular complexity index is 190. The molecule has 3 heteroatoms. The number of carboxylic acids is 1. The molecule has 0 aromatic heterocycles. The molecule has 1 aliphatic heterocycles. The molecule has 0 aromatic carbocycles. The van der Waals surface area contributed by atoms with E-state index in [1.54, 1.807) is 0 Å².